The Kier molecular flexibility index (Phi) is 4.87. The second kappa shape index (κ2) is 6.42. The van der Waals surface area contributed by atoms with Gasteiger partial charge >= 0.3 is 0 Å². The number of nitrogens with zero attached hydrogens (tertiary/aromatic N) is 1. The van der Waals surface area contributed by atoms with E-state index >= 15 is 0 Å². The minimum absolute atomic E-state index is 0.443. The fraction of sp³-hybridized carbons (Fsp3) is 0.647. The molecule has 19 heavy (non-hydrogen) atoms. The van der Waals surface area contributed by atoms with E-state index in [1.165, 1.54) is 30.6 Å². The lowest BCUT2D eigenvalue weighted by Crippen LogP contribution is -2.33. The lowest BCUT2D eigenvalue weighted by Gasteiger charge is -2.30. The molecule has 2 nitrogen and oxygen atoms in total. The molecule has 1 saturated heterocycles. The van der Waals surface area contributed by atoms with Crippen LogP contribution in [0.1, 0.15) is 52.1 Å². The first-order valence-corrected chi connectivity index (χ1v) is 7.73. The van der Waals surface area contributed by atoms with Crippen molar-refractivity contribution >= 4 is 5.69 Å². The highest BCUT2D eigenvalue weighted by molar-refractivity contribution is 5.50. The molecule has 0 aliphatic carbocycles. The topological polar surface area (TPSA) is 15.3 Å². The zero-order valence-corrected chi connectivity index (χ0v) is 12.8. The molecule has 2 atom stereocenters. The van der Waals surface area contributed by atoms with Crippen LogP contribution in [0.25, 0.3) is 0 Å². The Morgan fingerprint density at radius 3 is 2.47 bits per heavy atom. The van der Waals surface area contributed by atoms with Crippen LogP contribution in [0.4, 0.5) is 5.69 Å². The zero-order valence-electron chi connectivity index (χ0n) is 12.8. The predicted octanol–water partition coefficient (Wildman–Crippen LogP) is 3.98. The molecule has 0 bridgehead atoms. The van der Waals surface area contributed by atoms with Crippen molar-refractivity contribution in [2.24, 2.45) is 5.92 Å². The van der Waals surface area contributed by atoms with E-state index < -0.39 is 0 Å². The molecule has 2 heteroatoms. The monoisotopic (exact) mass is 260 g/mol. The van der Waals surface area contributed by atoms with Crippen LogP contribution in [-0.2, 0) is 0 Å². The maximum absolute atomic E-state index is 3.46. The summed E-state index contributed by atoms with van der Waals surface area (Å²) in [6.07, 6.45) is 2.67. The zero-order chi connectivity index (χ0) is 13.8. The molecule has 0 aromatic heterocycles. The Bertz CT molecular complexity index is 383. The summed E-state index contributed by atoms with van der Waals surface area (Å²) in [4.78, 5) is 2.59. The Labute approximate surface area is 118 Å². The van der Waals surface area contributed by atoms with Gasteiger partial charge in [-0.3, -0.25) is 0 Å². The molecule has 1 fully saturated rings. The molecule has 0 saturated carbocycles. The minimum Gasteiger partial charge on any atom is -0.368 e. The second-order valence-corrected chi connectivity index (χ2v) is 6.02. The van der Waals surface area contributed by atoms with Crippen molar-refractivity contribution in [3.05, 3.63) is 29.8 Å². The first kappa shape index (κ1) is 14.4. The van der Waals surface area contributed by atoms with Crippen molar-refractivity contribution in [3.8, 4) is 0 Å². The first-order chi connectivity index (χ1) is 9.13. The van der Waals surface area contributed by atoms with Crippen LogP contribution in [0, 0.1) is 5.92 Å². The standard InChI is InChI=1S/C17H28N2/c1-5-18-14(4)15-8-10-16(11-9-15)19-12-6-7-17(19)13(2)3/h8-11,13-14,17-18H,5-7,12H2,1-4H3. The van der Waals surface area contributed by atoms with E-state index in [1.807, 2.05) is 0 Å². The van der Waals surface area contributed by atoms with E-state index in [9.17, 15) is 0 Å². The highest BCUT2D eigenvalue weighted by Crippen LogP contribution is 2.30. The van der Waals surface area contributed by atoms with Gasteiger partial charge in [-0.05, 0) is 49.9 Å². The SMILES string of the molecule is CCNC(C)c1ccc(N2CCCC2C(C)C)cc1. The maximum Gasteiger partial charge on any atom is 0.0369 e. The smallest absolute Gasteiger partial charge is 0.0369 e. The minimum atomic E-state index is 0.443. The summed E-state index contributed by atoms with van der Waals surface area (Å²) >= 11 is 0. The Morgan fingerprint density at radius 1 is 1.21 bits per heavy atom. The third-order valence-electron chi connectivity index (χ3n) is 4.30. The van der Waals surface area contributed by atoms with Crippen LogP contribution in [-0.4, -0.2) is 19.1 Å². The van der Waals surface area contributed by atoms with Gasteiger partial charge < -0.3 is 10.2 Å². The molecular formula is C17H28N2. The average molecular weight is 260 g/mol. The van der Waals surface area contributed by atoms with Gasteiger partial charge in [-0.1, -0.05) is 32.9 Å². The maximum atomic E-state index is 3.46. The molecule has 0 radical (unpaired) electrons. The van der Waals surface area contributed by atoms with Crippen LogP contribution in [0.5, 0.6) is 0 Å². The fourth-order valence-electron chi connectivity index (χ4n) is 3.18. The van der Waals surface area contributed by atoms with Gasteiger partial charge in [-0.25, -0.2) is 0 Å². The number of rotatable bonds is 5. The summed E-state index contributed by atoms with van der Waals surface area (Å²) < 4.78 is 0. The van der Waals surface area contributed by atoms with Crippen molar-refractivity contribution in [1.82, 2.24) is 5.32 Å². The number of nitrogens with one attached hydrogen (secondary N) is 1. The normalized spacial score (nSPS) is 21.1. The molecular weight excluding hydrogens is 232 g/mol. The van der Waals surface area contributed by atoms with Crippen molar-refractivity contribution in [1.29, 1.82) is 0 Å². The highest BCUT2D eigenvalue weighted by Gasteiger charge is 2.27. The van der Waals surface area contributed by atoms with Gasteiger partial charge in [-0.15, -0.1) is 0 Å². The van der Waals surface area contributed by atoms with Crippen LogP contribution in [0.15, 0.2) is 24.3 Å². The number of hydrogen-bond donors (Lipinski definition) is 1. The van der Waals surface area contributed by atoms with Crippen LogP contribution < -0.4 is 10.2 Å². The number of hydrogen-bond acceptors (Lipinski definition) is 2. The lowest BCUT2D eigenvalue weighted by molar-refractivity contribution is 0.492. The quantitative estimate of drug-likeness (QED) is 0.861. The molecule has 1 aromatic carbocycles. The Balaban J connectivity index is 2.09. The van der Waals surface area contributed by atoms with Crippen LogP contribution >= 0.6 is 0 Å². The fourth-order valence-corrected chi connectivity index (χ4v) is 3.18. The molecule has 1 aliphatic rings. The van der Waals surface area contributed by atoms with Gasteiger partial charge in [0.2, 0.25) is 0 Å². The average Bonchev–Trinajstić information content (AvgIpc) is 2.88. The van der Waals surface area contributed by atoms with Gasteiger partial charge in [0.1, 0.15) is 0 Å². The van der Waals surface area contributed by atoms with E-state index in [1.54, 1.807) is 0 Å². The molecule has 0 amide bonds. The largest absolute Gasteiger partial charge is 0.368 e. The summed E-state index contributed by atoms with van der Waals surface area (Å²) in [6, 6.07) is 10.3. The van der Waals surface area contributed by atoms with Crippen molar-refractivity contribution in [3.63, 3.8) is 0 Å². The first-order valence-electron chi connectivity index (χ1n) is 7.73. The van der Waals surface area contributed by atoms with E-state index in [0.29, 0.717) is 6.04 Å². The Morgan fingerprint density at radius 2 is 1.89 bits per heavy atom. The summed E-state index contributed by atoms with van der Waals surface area (Å²) in [5.74, 6) is 0.739. The number of anilines is 1. The molecule has 2 rings (SSSR count). The summed E-state index contributed by atoms with van der Waals surface area (Å²) in [6.45, 7) is 11.3. The van der Waals surface area contributed by atoms with Crippen LogP contribution in [0.3, 0.4) is 0 Å². The molecule has 1 N–H and O–H groups in total. The third kappa shape index (κ3) is 3.30. The predicted molar refractivity (Wildman–Crippen MR) is 83.7 cm³/mol. The summed E-state index contributed by atoms with van der Waals surface area (Å²) in [5, 5.41) is 3.46. The molecule has 2 unspecified atom stereocenters. The van der Waals surface area contributed by atoms with Gasteiger partial charge in [0.15, 0.2) is 0 Å². The molecule has 1 aliphatic heterocycles. The van der Waals surface area contributed by atoms with Crippen molar-refractivity contribution < 1.29 is 0 Å². The lowest BCUT2D eigenvalue weighted by atomic mass is 10.0. The van der Waals surface area contributed by atoms with Gasteiger partial charge in [0, 0.05) is 24.3 Å². The molecule has 1 aromatic rings. The van der Waals surface area contributed by atoms with Gasteiger partial charge in [0.05, 0.1) is 0 Å². The molecule has 0 spiro atoms. The Hall–Kier alpha value is -1.02. The van der Waals surface area contributed by atoms with E-state index in [0.717, 1.165) is 18.5 Å². The number of benzene rings is 1. The molecule has 1 heterocycles. The van der Waals surface area contributed by atoms with Gasteiger partial charge in [-0.2, -0.15) is 0 Å². The molecule has 106 valence electrons. The third-order valence-corrected chi connectivity index (χ3v) is 4.30. The van der Waals surface area contributed by atoms with Crippen molar-refractivity contribution in [2.45, 2.75) is 52.6 Å². The summed E-state index contributed by atoms with van der Waals surface area (Å²) in [5.41, 5.74) is 2.77. The van der Waals surface area contributed by atoms with Crippen molar-refractivity contribution in [2.75, 3.05) is 18.0 Å². The van der Waals surface area contributed by atoms with Crippen LogP contribution in [0.2, 0.25) is 0 Å². The summed E-state index contributed by atoms with van der Waals surface area (Å²) in [7, 11) is 0. The van der Waals surface area contributed by atoms with E-state index in [-0.39, 0.29) is 0 Å². The van der Waals surface area contributed by atoms with E-state index in [2.05, 4.69) is 62.2 Å². The second-order valence-electron chi connectivity index (χ2n) is 6.02. The van der Waals surface area contributed by atoms with Gasteiger partial charge in [0.25, 0.3) is 0 Å². The van der Waals surface area contributed by atoms with E-state index in [4.69, 9.17) is 0 Å². The highest BCUT2D eigenvalue weighted by atomic mass is 15.2.